The molecule has 2 aromatic rings. The molecule has 0 bridgehead atoms. The molecule has 0 amide bonds. The molecule has 1 aliphatic heterocycles. The monoisotopic (exact) mass is 354 g/mol. The Bertz CT molecular complexity index is 728. The van der Waals surface area contributed by atoms with Crippen molar-refractivity contribution in [3.05, 3.63) is 64.2 Å². The molecule has 0 aliphatic carbocycles. The number of nitrogens with one attached hydrogen (secondary N) is 1. The van der Waals surface area contributed by atoms with Crippen molar-refractivity contribution in [2.24, 2.45) is 0 Å². The minimum absolute atomic E-state index is 0.133. The van der Waals surface area contributed by atoms with E-state index in [9.17, 15) is 10.1 Å². The smallest absolute Gasteiger partial charge is 0.292 e. The predicted molar refractivity (Wildman–Crippen MR) is 106 cm³/mol. The first-order valence-electron chi connectivity index (χ1n) is 9.21. The Labute approximate surface area is 154 Å². The van der Waals surface area contributed by atoms with E-state index in [2.05, 4.69) is 34.2 Å². The Balaban J connectivity index is 1.69. The first kappa shape index (κ1) is 18.2. The Morgan fingerprint density at radius 2 is 1.81 bits per heavy atom. The minimum atomic E-state index is -0.316. The van der Waals surface area contributed by atoms with E-state index in [1.54, 1.807) is 6.07 Å². The number of anilines is 2. The second kappa shape index (κ2) is 8.67. The van der Waals surface area contributed by atoms with Gasteiger partial charge in [-0.2, -0.15) is 0 Å². The lowest BCUT2D eigenvalue weighted by Crippen LogP contribution is -2.46. The van der Waals surface area contributed by atoms with Crippen LogP contribution >= 0.6 is 0 Å². The second-order valence-corrected chi connectivity index (χ2v) is 6.54. The van der Waals surface area contributed by atoms with E-state index in [1.165, 1.54) is 5.56 Å². The number of hydrogen-bond acceptors (Lipinski definition) is 5. The van der Waals surface area contributed by atoms with Crippen molar-refractivity contribution in [1.29, 1.82) is 0 Å². The van der Waals surface area contributed by atoms with Crippen molar-refractivity contribution >= 4 is 17.1 Å². The van der Waals surface area contributed by atoms with Crippen molar-refractivity contribution in [3.8, 4) is 0 Å². The number of hydrogen-bond donors (Lipinski definition) is 1. The molecule has 0 atom stereocenters. The Morgan fingerprint density at radius 1 is 1.08 bits per heavy atom. The van der Waals surface area contributed by atoms with Gasteiger partial charge < -0.3 is 15.1 Å². The van der Waals surface area contributed by atoms with Gasteiger partial charge in [0.05, 0.1) is 4.92 Å². The molecule has 2 aromatic carbocycles. The zero-order valence-corrected chi connectivity index (χ0v) is 15.2. The van der Waals surface area contributed by atoms with Crippen LogP contribution in [0.25, 0.3) is 0 Å². The lowest BCUT2D eigenvalue weighted by molar-refractivity contribution is -0.383. The Morgan fingerprint density at radius 3 is 2.46 bits per heavy atom. The third-order valence-corrected chi connectivity index (χ3v) is 4.93. The highest BCUT2D eigenvalue weighted by Gasteiger charge is 2.19. The molecular formula is C20H26N4O2. The van der Waals surface area contributed by atoms with Gasteiger partial charge in [-0.3, -0.25) is 10.1 Å². The van der Waals surface area contributed by atoms with Gasteiger partial charge in [0.1, 0.15) is 5.69 Å². The summed E-state index contributed by atoms with van der Waals surface area (Å²) in [6, 6.07) is 15.5. The van der Waals surface area contributed by atoms with Crippen molar-refractivity contribution in [3.63, 3.8) is 0 Å². The molecule has 6 nitrogen and oxygen atoms in total. The SMILES string of the molecule is CCN1CCN(c2ccc([N+](=O)[O-])c(NCCc3ccccc3)c2)CC1. The first-order valence-corrected chi connectivity index (χ1v) is 9.21. The average Bonchev–Trinajstić information content (AvgIpc) is 2.68. The normalized spacial score (nSPS) is 15.0. The second-order valence-electron chi connectivity index (χ2n) is 6.54. The van der Waals surface area contributed by atoms with Crippen LogP contribution in [0, 0.1) is 10.1 Å². The van der Waals surface area contributed by atoms with E-state index in [0.29, 0.717) is 12.2 Å². The van der Waals surface area contributed by atoms with Gasteiger partial charge in [0, 0.05) is 44.5 Å². The Kier molecular flexibility index (Phi) is 6.07. The first-order chi connectivity index (χ1) is 12.7. The Hall–Kier alpha value is -2.60. The summed E-state index contributed by atoms with van der Waals surface area (Å²) >= 11 is 0. The maximum absolute atomic E-state index is 11.4. The van der Waals surface area contributed by atoms with E-state index in [1.807, 2.05) is 30.3 Å². The molecule has 1 heterocycles. The summed E-state index contributed by atoms with van der Waals surface area (Å²) in [6.45, 7) is 7.88. The van der Waals surface area contributed by atoms with Crippen LogP contribution in [-0.2, 0) is 6.42 Å². The number of nitrogens with zero attached hydrogens (tertiary/aromatic N) is 3. The van der Waals surface area contributed by atoms with Gasteiger partial charge in [-0.15, -0.1) is 0 Å². The number of nitro groups is 1. The van der Waals surface area contributed by atoms with E-state index in [-0.39, 0.29) is 10.6 Å². The molecule has 1 aliphatic rings. The van der Waals surface area contributed by atoms with Crippen LogP contribution in [-0.4, -0.2) is 49.1 Å². The largest absolute Gasteiger partial charge is 0.379 e. The van der Waals surface area contributed by atoms with E-state index in [0.717, 1.165) is 44.8 Å². The summed E-state index contributed by atoms with van der Waals surface area (Å²) < 4.78 is 0. The van der Waals surface area contributed by atoms with E-state index >= 15 is 0 Å². The zero-order valence-electron chi connectivity index (χ0n) is 15.2. The molecule has 6 heteroatoms. The topological polar surface area (TPSA) is 61.7 Å². The summed E-state index contributed by atoms with van der Waals surface area (Å²) in [5.74, 6) is 0. The van der Waals surface area contributed by atoms with Crippen LogP contribution in [0.3, 0.4) is 0 Å². The van der Waals surface area contributed by atoms with Crippen molar-refractivity contribution in [2.45, 2.75) is 13.3 Å². The van der Waals surface area contributed by atoms with Crippen molar-refractivity contribution in [2.75, 3.05) is 49.5 Å². The maximum atomic E-state index is 11.4. The van der Waals surface area contributed by atoms with Gasteiger partial charge >= 0.3 is 0 Å². The molecule has 0 saturated carbocycles. The number of likely N-dealkylation sites (N-methyl/N-ethyl adjacent to an activating group) is 1. The molecule has 1 N–H and O–H groups in total. The van der Waals surface area contributed by atoms with Gasteiger partial charge in [-0.05, 0) is 30.7 Å². The molecule has 0 unspecified atom stereocenters. The highest BCUT2D eigenvalue weighted by Crippen LogP contribution is 2.30. The fourth-order valence-electron chi connectivity index (χ4n) is 3.33. The third-order valence-electron chi connectivity index (χ3n) is 4.93. The molecule has 3 rings (SSSR count). The lowest BCUT2D eigenvalue weighted by Gasteiger charge is -2.35. The molecule has 138 valence electrons. The standard InChI is InChI=1S/C20H26N4O2/c1-2-22-12-14-23(15-13-22)18-8-9-20(24(25)26)19(16-18)21-11-10-17-6-4-3-5-7-17/h3-9,16,21H,2,10-15H2,1H3. The zero-order chi connectivity index (χ0) is 18.4. The maximum Gasteiger partial charge on any atom is 0.292 e. The number of nitro benzene ring substituents is 1. The molecule has 26 heavy (non-hydrogen) atoms. The number of benzene rings is 2. The van der Waals surface area contributed by atoms with Crippen LogP contribution in [0.1, 0.15) is 12.5 Å². The summed E-state index contributed by atoms with van der Waals surface area (Å²) in [4.78, 5) is 15.8. The number of rotatable bonds is 7. The number of piperazine rings is 1. The summed E-state index contributed by atoms with van der Waals surface area (Å²) in [5, 5.41) is 14.6. The van der Waals surface area contributed by atoms with Crippen LogP contribution in [0.2, 0.25) is 0 Å². The molecule has 0 aromatic heterocycles. The molecular weight excluding hydrogens is 328 g/mol. The third kappa shape index (κ3) is 4.52. The van der Waals surface area contributed by atoms with E-state index < -0.39 is 0 Å². The van der Waals surface area contributed by atoms with Crippen LogP contribution in [0.4, 0.5) is 17.1 Å². The van der Waals surface area contributed by atoms with Crippen molar-refractivity contribution < 1.29 is 4.92 Å². The molecule has 0 spiro atoms. The fraction of sp³-hybridized carbons (Fsp3) is 0.400. The molecule has 0 radical (unpaired) electrons. The van der Waals surface area contributed by atoms with Gasteiger partial charge in [0.15, 0.2) is 0 Å². The van der Waals surface area contributed by atoms with Crippen molar-refractivity contribution in [1.82, 2.24) is 4.90 Å². The quantitative estimate of drug-likeness (QED) is 0.610. The predicted octanol–water partition coefficient (Wildman–Crippen LogP) is 3.39. The van der Waals surface area contributed by atoms with Crippen LogP contribution in [0.15, 0.2) is 48.5 Å². The summed E-state index contributed by atoms with van der Waals surface area (Å²) in [6.07, 6.45) is 0.831. The van der Waals surface area contributed by atoms with Crippen LogP contribution in [0.5, 0.6) is 0 Å². The summed E-state index contributed by atoms with van der Waals surface area (Å²) in [7, 11) is 0. The van der Waals surface area contributed by atoms with Gasteiger partial charge in [0.2, 0.25) is 0 Å². The molecule has 1 fully saturated rings. The lowest BCUT2D eigenvalue weighted by atomic mass is 10.1. The highest BCUT2D eigenvalue weighted by atomic mass is 16.6. The highest BCUT2D eigenvalue weighted by molar-refractivity contribution is 5.69. The van der Waals surface area contributed by atoms with E-state index in [4.69, 9.17) is 0 Å². The molecule has 1 saturated heterocycles. The minimum Gasteiger partial charge on any atom is -0.379 e. The average molecular weight is 354 g/mol. The fourth-order valence-corrected chi connectivity index (χ4v) is 3.33. The van der Waals surface area contributed by atoms with Gasteiger partial charge in [-0.25, -0.2) is 0 Å². The summed E-state index contributed by atoms with van der Waals surface area (Å²) in [5.41, 5.74) is 3.00. The van der Waals surface area contributed by atoms with Gasteiger partial charge in [-0.1, -0.05) is 37.3 Å². The van der Waals surface area contributed by atoms with Gasteiger partial charge in [0.25, 0.3) is 5.69 Å². The van der Waals surface area contributed by atoms with Crippen LogP contribution < -0.4 is 10.2 Å².